The van der Waals surface area contributed by atoms with Crippen LogP contribution in [0.1, 0.15) is 55.7 Å². The second-order valence-electron chi connectivity index (χ2n) is 10.7. The third-order valence-corrected chi connectivity index (χ3v) is 10.1. The van der Waals surface area contributed by atoms with E-state index in [1.807, 2.05) is 6.92 Å². The lowest BCUT2D eigenvalue weighted by atomic mass is 9.73. The molecule has 1 aliphatic carbocycles. The second kappa shape index (κ2) is 12.2. The Morgan fingerprint density at radius 3 is 2.43 bits per heavy atom. The minimum absolute atomic E-state index is 0. The summed E-state index contributed by atoms with van der Waals surface area (Å²) in [4.78, 5) is 13.3. The molecule has 6 atom stereocenters. The molecule has 3 N–H and O–H groups in total. The van der Waals surface area contributed by atoms with E-state index in [-0.39, 0.29) is 7.75 Å². The summed E-state index contributed by atoms with van der Waals surface area (Å²) in [5, 5.41) is 14.9. The Labute approximate surface area is 224 Å². The van der Waals surface area contributed by atoms with Crippen molar-refractivity contribution in [2.45, 2.75) is 76.0 Å². The minimum Gasteiger partial charge on any atom is -0.391 e. The molecule has 3 rings (SSSR count). The molecule has 1 aliphatic rings. The van der Waals surface area contributed by atoms with Crippen molar-refractivity contribution in [1.29, 1.82) is 0 Å². The first kappa shape index (κ1) is 29.5. The first-order valence-electron chi connectivity index (χ1n) is 13.0. The molecule has 0 aliphatic heterocycles. The number of rotatable bonds is 11. The fourth-order valence-electron chi connectivity index (χ4n) is 5.40. The lowest BCUT2D eigenvalue weighted by Crippen LogP contribution is -2.54. The number of sulfonamides is 1. The number of aliphatic hydroxyl groups excluding tert-OH is 1. The Balaban J connectivity index is 0.00000380. The molecule has 0 spiro atoms. The number of benzene rings is 2. The Bertz CT molecular complexity index is 1300. The number of fused-ring (bicyclic) bond motifs is 1. The van der Waals surface area contributed by atoms with Crippen LogP contribution in [0.5, 0.6) is 0 Å². The summed E-state index contributed by atoms with van der Waals surface area (Å²) in [6.45, 7) is 6.22. The summed E-state index contributed by atoms with van der Waals surface area (Å²) >= 11 is 0. The van der Waals surface area contributed by atoms with Crippen molar-refractivity contribution in [3.05, 3.63) is 42.5 Å². The summed E-state index contributed by atoms with van der Waals surface area (Å²) in [7, 11) is -7.95. The Morgan fingerprint density at radius 1 is 1.08 bits per heavy atom. The van der Waals surface area contributed by atoms with E-state index < -0.39 is 49.7 Å². The molecule has 8 nitrogen and oxygen atoms in total. The third-order valence-electron chi connectivity index (χ3n) is 7.54. The average Bonchev–Trinajstić information content (AvgIpc) is 2.82. The van der Waals surface area contributed by atoms with Crippen molar-refractivity contribution in [2.75, 3.05) is 12.0 Å². The van der Waals surface area contributed by atoms with E-state index in [2.05, 4.69) is 23.9 Å². The van der Waals surface area contributed by atoms with E-state index in [1.165, 1.54) is 12.5 Å². The number of hydrogen-bond acceptors (Lipinski definition) is 6. The fourth-order valence-corrected chi connectivity index (χ4v) is 7.88. The number of hydrogen-bond donors (Lipinski definition) is 3. The number of carbonyl (C=O) groups excluding carboxylic acids is 1. The number of carbonyl (C=O) groups is 1. The van der Waals surface area contributed by atoms with Gasteiger partial charge in [0.05, 0.1) is 29.0 Å². The highest BCUT2D eigenvalue weighted by molar-refractivity contribution is 7.92. The van der Waals surface area contributed by atoms with Crippen LogP contribution >= 0.6 is 0 Å². The molecule has 0 saturated heterocycles. The molecule has 2 aromatic rings. The molecular weight excluding hydrogens is 512 g/mol. The lowest BCUT2D eigenvalue weighted by molar-refractivity contribution is -0.124. The van der Waals surface area contributed by atoms with Gasteiger partial charge in [-0.3, -0.25) is 4.79 Å². The average molecular weight is 557 g/mol. The van der Waals surface area contributed by atoms with E-state index in [4.69, 9.17) is 0 Å². The van der Waals surface area contributed by atoms with E-state index in [0.29, 0.717) is 36.0 Å². The summed E-state index contributed by atoms with van der Waals surface area (Å²) < 4.78 is 53.1. The van der Waals surface area contributed by atoms with Crippen LogP contribution in [0.25, 0.3) is 10.8 Å². The molecule has 1 saturated carbocycles. The van der Waals surface area contributed by atoms with Crippen LogP contribution < -0.4 is 10.0 Å². The summed E-state index contributed by atoms with van der Waals surface area (Å²) in [6.07, 6.45) is 4.31. The van der Waals surface area contributed by atoms with Crippen molar-refractivity contribution in [3.63, 3.8) is 0 Å². The molecule has 210 valence electrons. The molecule has 0 radical (unpaired) electrons. The molecular formula is C27H44N2O6S2. The first-order chi connectivity index (χ1) is 17.3. The molecule has 10 heteroatoms. The van der Waals surface area contributed by atoms with Gasteiger partial charge in [-0.05, 0) is 48.5 Å². The topological polar surface area (TPSA) is 130 Å². The Hall–Kier alpha value is -2.01. The van der Waals surface area contributed by atoms with Crippen molar-refractivity contribution < 1.29 is 29.6 Å². The molecule has 1 unspecified atom stereocenters. The maximum absolute atomic E-state index is 13.4. The molecule has 37 heavy (non-hydrogen) atoms. The normalized spacial score (nSPS) is 23.3. The number of amides is 1. The maximum Gasteiger partial charge on any atom is 0.239 e. The van der Waals surface area contributed by atoms with Crippen LogP contribution in [-0.2, 0) is 24.7 Å². The van der Waals surface area contributed by atoms with E-state index in [9.17, 15) is 26.7 Å². The molecule has 1 fully saturated rings. The van der Waals surface area contributed by atoms with Gasteiger partial charge in [0.25, 0.3) is 0 Å². The lowest BCUT2D eigenvalue weighted by Gasteiger charge is -2.36. The highest BCUT2D eigenvalue weighted by atomic mass is 32.2. The van der Waals surface area contributed by atoms with Crippen LogP contribution in [0.2, 0.25) is 0 Å². The van der Waals surface area contributed by atoms with Gasteiger partial charge in [0.2, 0.25) is 15.9 Å². The van der Waals surface area contributed by atoms with Gasteiger partial charge < -0.3 is 10.4 Å². The molecule has 0 bridgehead atoms. The Kier molecular flexibility index (Phi) is 9.77. The fraction of sp³-hybridized carbons (Fsp3) is 0.593. The van der Waals surface area contributed by atoms with E-state index in [1.54, 1.807) is 36.4 Å². The minimum atomic E-state index is -4.05. The van der Waals surface area contributed by atoms with Gasteiger partial charge in [-0.15, -0.1) is 0 Å². The van der Waals surface area contributed by atoms with E-state index >= 15 is 0 Å². The number of aliphatic hydroxyl groups is 1. The smallest absolute Gasteiger partial charge is 0.239 e. The van der Waals surface area contributed by atoms with Gasteiger partial charge in [-0.2, -0.15) is 0 Å². The molecule has 2 aromatic carbocycles. The quantitative estimate of drug-likeness (QED) is 0.387. The summed E-state index contributed by atoms with van der Waals surface area (Å²) in [6, 6.07) is 9.67. The van der Waals surface area contributed by atoms with Crippen LogP contribution in [0.3, 0.4) is 0 Å². The molecule has 1 amide bonds. The van der Waals surface area contributed by atoms with Crippen molar-refractivity contribution in [2.24, 2.45) is 17.8 Å². The predicted octanol–water partition coefficient (Wildman–Crippen LogP) is 3.74. The van der Waals surface area contributed by atoms with Crippen molar-refractivity contribution >= 4 is 36.5 Å². The number of nitrogens with one attached hydrogen (secondary N) is 2. The van der Waals surface area contributed by atoms with Crippen molar-refractivity contribution in [1.82, 2.24) is 10.0 Å². The zero-order chi connectivity index (χ0) is 27.4. The highest BCUT2D eigenvalue weighted by Crippen LogP contribution is 2.36. The van der Waals surface area contributed by atoms with E-state index in [0.717, 1.165) is 24.5 Å². The monoisotopic (exact) mass is 556 g/mol. The zero-order valence-corrected chi connectivity index (χ0v) is 23.7. The molecule has 0 aromatic heterocycles. The van der Waals surface area contributed by atoms with Crippen LogP contribution in [0.15, 0.2) is 47.4 Å². The second-order valence-corrected chi connectivity index (χ2v) is 14.5. The summed E-state index contributed by atoms with van der Waals surface area (Å²) in [5.41, 5.74) is 0. The van der Waals surface area contributed by atoms with Crippen LogP contribution in [0, 0.1) is 17.8 Å². The maximum atomic E-state index is 13.4. The van der Waals surface area contributed by atoms with Gasteiger partial charge in [0.1, 0.15) is 6.04 Å². The van der Waals surface area contributed by atoms with Gasteiger partial charge in [0, 0.05) is 8.24 Å². The van der Waals surface area contributed by atoms with Gasteiger partial charge in [-0.25, -0.2) is 21.6 Å². The first-order valence-corrected chi connectivity index (χ1v) is 16.5. The standard InChI is InChI=1S/C27H40N2O6S2.2H2/c1-5-23(25(30)16-21-15-18(2)13-14-19(21)3)28-27(31)24(29-36(4,32)33)17-37(34,35)26-12-8-10-20-9-6-7-11-22(20)26;;/h6-12,18-19,21,23-25,29-30H,5,13-17H2,1-4H3,(H,28,31);2*1H/t18-,19+,21?,23-,24+,25+;;/m0../s1. The molecule has 0 heterocycles. The predicted molar refractivity (Wildman–Crippen MR) is 151 cm³/mol. The third kappa shape index (κ3) is 7.99. The van der Waals surface area contributed by atoms with Crippen LogP contribution in [0.4, 0.5) is 0 Å². The van der Waals surface area contributed by atoms with Crippen LogP contribution in [-0.4, -0.2) is 58.0 Å². The SMILES string of the molecule is CC[C@H](NC(=O)[C@@H](CS(=O)(=O)c1cccc2ccccc12)NS(C)(=O)=O)[C@H](O)CC1C[C@@H](C)CC[C@H]1C.[HH].[HH]. The highest BCUT2D eigenvalue weighted by Gasteiger charge is 2.34. The van der Waals surface area contributed by atoms with Crippen molar-refractivity contribution in [3.8, 4) is 0 Å². The largest absolute Gasteiger partial charge is 0.391 e. The van der Waals surface area contributed by atoms with Gasteiger partial charge in [0.15, 0.2) is 9.84 Å². The zero-order valence-electron chi connectivity index (χ0n) is 22.1. The van der Waals surface area contributed by atoms with Gasteiger partial charge >= 0.3 is 0 Å². The Morgan fingerprint density at radius 2 is 1.76 bits per heavy atom. The number of sulfone groups is 1. The van der Waals surface area contributed by atoms with Gasteiger partial charge in [-0.1, -0.05) is 70.0 Å². The summed E-state index contributed by atoms with van der Waals surface area (Å²) in [5.74, 6) is -0.120.